The molecular weight excluding hydrogens is 238 g/mol. The molecule has 0 aliphatic rings. The fraction of sp³-hybridized carbons (Fsp3) is 0.625. The van der Waals surface area contributed by atoms with Crippen LogP contribution in [0.2, 0.25) is 0 Å². The van der Waals surface area contributed by atoms with Gasteiger partial charge in [0.25, 0.3) is 0 Å². The van der Waals surface area contributed by atoms with Gasteiger partial charge in [-0.25, -0.2) is 0 Å². The summed E-state index contributed by atoms with van der Waals surface area (Å²) in [4.78, 5) is 0. The molecule has 1 aromatic rings. The maximum Gasteiger partial charge on any atom is 0.124 e. The fourth-order valence-electron chi connectivity index (χ4n) is 2.51. The van der Waals surface area contributed by atoms with Crippen molar-refractivity contribution >= 4 is 0 Å². The normalized spacial score (nSPS) is 14.2. The van der Waals surface area contributed by atoms with Crippen molar-refractivity contribution in [1.29, 1.82) is 0 Å². The van der Waals surface area contributed by atoms with E-state index in [-0.39, 0.29) is 6.10 Å². The van der Waals surface area contributed by atoms with Crippen molar-refractivity contribution < 1.29 is 9.47 Å². The zero-order chi connectivity index (χ0) is 14.4. The van der Waals surface area contributed by atoms with Gasteiger partial charge in [0.15, 0.2) is 0 Å². The second-order valence-corrected chi connectivity index (χ2v) is 5.16. The van der Waals surface area contributed by atoms with Crippen LogP contribution in [0.15, 0.2) is 12.1 Å². The van der Waals surface area contributed by atoms with E-state index in [4.69, 9.17) is 9.47 Å². The molecule has 1 N–H and O–H groups in total. The number of hydrogen-bond donors (Lipinski definition) is 1. The van der Waals surface area contributed by atoms with Gasteiger partial charge in [-0.2, -0.15) is 0 Å². The number of aryl methyl sites for hydroxylation is 2. The zero-order valence-electron chi connectivity index (χ0n) is 13.0. The molecule has 3 nitrogen and oxygen atoms in total. The summed E-state index contributed by atoms with van der Waals surface area (Å²) in [6.07, 6.45) is 2.34. The van der Waals surface area contributed by atoms with Crippen molar-refractivity contribution in [2.24, 2.45) is 0 Å². The Balaban J connectivity index is 2.97. The van der Waals surface area contributed by atoms with Gasteiger partial charge in [0.05, 0.1) is 13.2 Å². The largest absolute Gasteiger partial charge is 0.496 e. The van der Waals surface area contributed by atoms with Crippen LogP contribution in [0.4, 0.5) is 0 Å². The molecule has 0 saturated heterocycles. The Kier molecular flexibility index (Phi) is 6.32. The molecule has 2 unspecified atom stereocenters. The van der Waals surface area contributed by atoms with Crippen molar-refractivity contribution in [3.8, 4) is 5.75 Å². The molecule has 108 valence electrons. The maximum atomic E-state index is 5.55. The van der Waals surface area contributed by atoms with E-state index in [1.807, 2.05) is 7.05 Å². The second-order valence-electron chi connectivity index (χ2n) is 5.16. The minimum Gasteiger partial charge on any atom is -0.496 e. The third-order valence-corrected chi connectivity index (χ3v) is 3.67. The van der Waals surface area contributed by atoms with Crippen LogP contribution in [-0.4, -0.2) is 27.4 Å². The van der Waals surface area contributed by atoms with Crippen molar-refractivity contribution in [3.63, 3.8) is 0 Å². The van der Waals surface area contributed by atoms with Gasteiger partial charge in [0.1, 0.15) is 5.75 Å². The van der Waals surface area contributed by atoms with Crippen LogP contribution in [0.5, 0.6) is 5.75 Å². The van der Waals surface area contributed by atoms with Crippen molar-refractivity contribution in [1.82, 2.24) is 5.32 Å². The molecule has 1 rings (SSSR count). The number of benzene rings is 1. The van der Waals surface area contributed by atoms with Gasteiger partial charge in [-0.3, -0.25) is 0 Å². The zero-order valence-corrected chi connectivity index (χ0v) is 13.0. The number of nitrogens with one attached hydrogen (secondary N) is 1. The molecular formula is C16H27NO2. The Hall–Kier alpha value is -1.06. The topological polar surface area (TPSA) is 30.5 Å². The first kappa shape index (κ1) is 16.0. The van der Waals surface area contributed by atoms with E-state index in [0.717, 1.165) is 18.6 Å². The van der Waals surface area contributed by atoms with Crippen LogP contribution in [0.1, 0.15) is 42.5 Å². The van der Waals surface area contributed by atoms with Crippen molar-refractivity contribution in [2.45, 2.75) is 45.8 Å². The number of methoxy groups -OCH3 is 2. The van der Waals surface area contributed by atoms with Gasteiger partial charge < -0.3 is 14.8 Å². The monoisotopic (exact) mass is 265 g/mol. The van der Waals surface area contributed by atoms with Gasteiger partial charge in [-0.1, -0.05) is 6.07 Å². The van der Waals surface area contributed by atoms with E-state index in [1.54, 1.807) is 14.2 Å². The fourth-order valence-corrected chi connectivity index (χ4v) is 2.51. The van der Waals surface area contributed by atoms with Gasteiger partial charge in [0, 0.05) is 18.7 Å². The lowest BCUT2D eigenvalue weighted by Gasteiger charge is -2.23. The van der Waals surface area contributed by atoms with Gasteiger partial charge in [0.2, 0.25) is 0 Å². The summed E-state index contributed by atoms with van der Waals surface area (Å²) in [5.74, 6) is 0.974. The van der Waals surface area contributed by atoms with Crippen LogP contribution < -0.4 is 10.1 Å². The van der Waals surface area contributed by atoms with Gasteiger partial charge in [-0.05, 0) is 57.9 Å². The molecule has 0 heterocycles. The van der Waals surface area contributed by atoms with Crippen LogP contribution >= 0.6 is 0 Å². The van der Waals surface area contributed by atoms with E-state index >= 15 is 0 Å². The third-order valence-electron chi connectivity index (χ3n) is 3.67. The average molecular weight is 265 g/mol. The van der Waals surface area contributed by atoms with Crippen LogP contribution in [0.3, 0.4) is 0 Å². The summed E-state index contributed by atoms with van der Waals surface area (Å²) >= 11 is 0. The lowest BCUT2D eigenvalue weighted by molar-refractivity contribution is 0.106. The molecule has 3 heteroatoms. The molecule has 2 atom stereocenters. The highest BCUT2D eigenvalue weighted by Gasteiger charge is 2.18. The standard InChI is InChI=1S/C16H27NO2/c1-11-9-12(2)16(15(10-11)19-6)14(17-4)8-7-13(3)18-5/h9-10,13-14,17H,7-8H2,1-6H3. The van der Waals surface area contributed by atoms with Gasteiger partial charge >= 0.3 is 0 Å². The first-order chi connectivity index (χ1) is 9.03. The summed E-state index contributed by atoms with van der Waals surface area (Å²) in [5, 5.41) is 3.40. The smallest absolute Gasteiger partial charge is 0.124 e. The molecule has 0 amide bonds. The lowest BCUT2D eigenvalue weighted by Crippen LogP contribution is -2.20. The second kappa shape index (κ2) is 7.51. The SMILES string of the molecule is CNC(CCC(C)OC)c1c(C)cc(C)cc1OC. The Morgan fingerprint density at radius 1 is 1.16 bits per heavy atom. The molecule has 0 bridgehead atoms. The van der Waals surface area contributed by atoms with Crippen LogP contribution in [-0.2, 0) is 4.74 Å². The Labute approximate surface area is 117 Å². The maximum absolute atomic E-state index is 5.55. The summed E-state index contributed by atoms with van der Waals surface area (Å²) in [6.45, 7) is 6.35. The van der Waals surface area contributed by atoms with Crippen molar-refractivity contribution in [2.75, 3.05) is 21.3 Å². The van der Waals surface area contributed by atoms with Gasteiger partial charge in [-0.15, -0.1) is 0 Å². The highest BCUT2D eigenvalue weighted by molar-refractivity contribution is 5.45. The molecule has 0 radical (unpaired) electrons. The molecule has 0 aliphatic carbocycles. The van der Waals surface area contributed by atoms with E-state index in [9.17, 15) is 0 Å². The molecule has 0 aliphatic heterocycles. The highest BCUT2D eigenvalue weighted by Crippen LogP contribution is 2.32. The first-order valence-corrected chi connectivity index (χ1v) is 6.88. The third kappa shape index (κ3) is 4.22. The first-order valence-electron chi connectivity index (χ1n) is 6.88. The minimum atomic E-state index is 0.285. The predicted molar refractivity (Wildman–Crippen MR) is 80.0 cm³/mol. The quantitative estimate of drug-likeness (QED) is 0.819. The summed E-state index contributed by atoms with van der Waals surface area (Å²) in [6, 6.07) is 4.61. The molecule has 0 fully saturated rings. The number of ether oxygens (including phenoxy) is 2. The Bertz CT molecular complexity index is 404. The molecule has 0 saturated carbocycles. The molecule has 1 aromatic carbocycles. The molecule has 0 aromatic heterocycles. The number of rotatable bonds is 7. The summed E-state index contributed by atoms with van der Waals surface area (Å²) in [7, 11) is 5.50. The van der Waals surface area contributed by atoms with E-state index < -0.39 is 0 Å². The summed E-state index contributed by atoms with van der Waals surface area (Å²) in [5.41, 5.74) is 3.78. The lowest BCUT2D eigenvalue weighted by atomic mass is 9.94. The van der Waals surface area contributed by atoms with E-state index in [2.05, 4.69) is 38.2 Å². The van der Waals surface area contributed by atoms with E-state index in [0.29, 0.717) is 6.04 Å². The molecule has 0 spiro atoms. The average Bonchev–Trinajstić information content (AvgIpc) is 2.40. The van der Waals surface area contributed by atoms with E-state index in [1.165, 1.54) is 16.7 Å². The number of hydrogen-bond acceptors (Lipinski definition) is 3. The predicted octanol–water partition coefficient (Wildman–Crippen LogP) is 3.39. The van der Waals surface area contributed by atoms with Crippen molar-refractivity contribution in [3.05, 3.63) is 28.8 Å². The summed E-state index contributed by atoms with van der Waals surface area (Å²) < 4.78 is 10.9. The highest BCUT2D eigenvalue weighted by atomic mass is 16.5. The van der Waals surface area contributed by atoms with Crippen LogP contribution in [0, 0.1) is 13.8 Å². The minimum absolute atomic E-state index is 0.285. The Morgan fingerprint density at radius 3 is 2.37 bits per heavy atom. The van der Waals surface area contributed by atoms with Crippen LogP contribution in [0.25, 0.3) is 0 Å². The Morgan fingerprint density at radius 2 is 1.84 bits per heavy atom. The molecule has 19 heavy (non-hydrogen) atoms.